The molecule has 138 valence electrons. The van der Waals surface area contributed by atoms with Gasteiger partial charge in [0.25, 0.3) is 5.91 Å². The fourth-order valence-corrected chi connectivity index (χ4v) is 3.91. The summed E-state index contributed by atoms with van der Waals surface area (Å²) in [4.78, 5) is 29.0. The minimum Gasteiger partial charge on any atom is -0.422 e. The SMILES string of the molecule is O=C(c1cc2cc(Br)ccc2oc1=O)N1CCN(c2ccccc2Cl)CC1. The number of anilines is 1. The lowest BCUT2D eigenvalue weighted by atomic mass is 10.1. The first-order valence-electron chi connectivity index (χ1n) is 8.55. The molecule has 0 N–H and O–H groups in total. The number of fused-ring (bicyclic) bond motifs is 1. The van der Waals surface area contributed by atoms with E-state index in [9.17, 15) is 9.59 Å². The number of amides is 1. The van der Waals surface area contributed by atoms with Gasteiger partial charge in [-0.25, -0.2) is 4.79 Å². The summed E-state index contributed by atoms with van der Waals surface area (Å²) in [7, 11) is 0. The van der Waals surface area contributed by atoms with E-state index in [1.165, 1.54) is 0 Å². The fourth-order valence-electron chi connectivity index (χ4n) is 3.27. The molecule has 27 heavy (non-hydrogen) atoms. The molecular weight excluding hydrogens is 432 g/mol. The standard InChI is InChI=1S/C20H16BrClN2O3/c21-14-5-6-18-13(11-14)12-15(20(26)27-18)19(25)24-9-7-23(8-10-24)17-4-2-1-3-16(17)22/h1-6,11-12H,7-10H2. The van der Waals surface area contributed by atoms with Crippen molar-refractivity contribution in [1.82, 2.24) is 4.90 Å². The fraction of sp³-hybridized carbons (Fsp3) is 0.200. The highest BCUT2D eigenvalue weighted by atomic mass is 79.9. The van der Waals surface area contributed by atoms with Crippen LogP contribution in [0.3, 0.4) is 0 Å². The zero-order valence-corrected chi connectivity index (χ0v) is 16.7. The number of carbonyl (C=O) groups excluding carboxylic acids is 1. The van der Waals surface area contributed by atoms with Crippen molar-refractivity contribution in [2.45, 2.75) is 0 Å². The van der Waals surface area contributed by atoms with E-state index in [4.69, 9.17) is 16.0 Å². The second kappa shape index (κ2) is 7.37. The van der Waals surface area contributed by atoms with Gasteiger partial charge in [0.1, 0.15) is 11.1 Å². The van der Waals surface area contributed by atoms with Crippen LogP contribution in [0.15, 0.2) is 62.2 Å². The maximum Gasteiger partial charge on any atom is 0.349 e. The van der Waals surface area contributed by atoms with Crippen molar-refractivity contribution >= 4 is 50.1 Å². The number of piperazine rings is 1. The molecule has 0 atom stereocenters. The second-order valence-corrected chi connectivity index (χ2v) is 7.68. The van der Waals surface area contributed by atoms with E-state index in [-0.39, 0.29) is 11.5 Å². The molecule has 1 aliphatic rings. The van der Waals surface area contributed by atoms with Crippen LogP contribution >= 0.6 is 27.5 Å². The monoisotopic (exact) mass is 446 g/mol. The minimum absolute atomic E-state index is 0.0618. The number of rotatable bonds is 2. The Bertz CT molecular complexity index is 1070. The first-order chi connectivity index (χ1) is 13.0. The van der Waals surface area contributed by atoms with Crippen molar-refractivity contribution < 1.29 is 9.21 Å². The van der Waals surface area contributed by atoms with Gasteiger partial charge in [0, 0.05) is 36.0 Å². The summed E-state index contributed by atoms with van der Waals surface area (Å²) in [5.74, 6) is -0.301. The van der Waals surface area contributed by atoms with Crippen molar-refractivity contribution in [3.8, 4) is 0 Å². The molecule has 0 aliphatic carbocycles. The van der Waals surface area contributed by atoms with Gasteiger partial charge in [-0.05, 0) is 36.4 Å². The molecule has 2 heterocycles. The van der Waals surface area contributed by atoms with E-state index in [1.807, 2.05) is 30.3 Å². The Morgan fingerprint density at radius 3 is 2.52 bits per heavy atom. The topological polar surface area (TPSA) is 53.8 Å². The summed E-state index contributed by atoms with van der Waals surface area (Å²) >= 11 is 9.65. The summed E-state index contributed by atoms with van der Waals surface area (Å²) in [5, 5.41) is 1.40. The molecule has 0 spiro atoms. The second-order valence-electron chi connectivity index (χ2n) is 6.36. The maximum absolute atomic E-state index is 12.9. The largest absolute Gasteiger partial charge is 0.422 e. The molecule has 4 rings (SSSR count). The third kappa shape index (κ3) is 3.59. The average molecular weight is 448 g/mol. The molecule has 1 aliphatic heterocycles. The highest BCUT2D eigenvalue weighted by Gasteiger charge is 2.25. The molecule has 0 bridgehead atoms. The molecule has 1 fully saturated rings. The number of para-hydroxylation sites is 1. The van der Waals surface area contributed by atoms with Crippen molar-refractivity contribution in [3.63, 3.8) is 0 Å². The predicted molar refractivity (Wildman–Crippen MR) is 110 cm³/mol. The van der Waals surface area contributed by atoms with E-state index in [0.29, 0.717) is 42.2 Å². The van der Waals surface area contributed by atoms with Gasteiger partial charge in [-0.3, -0.25) is 4.79 Å². The van der Waals surface area contributed by atoms with Crippen LogP contribution in [0.2, 0.25) is 5.02 Å². The Balaban J connectivity index is 1.54. The third-order valence-corrected chi connectivity index (χ3v) is 5.50. The van der Waals surface area contributed by atoms with Crippen LogP contribution in [-0.2, 0) is 0 Å². The molecular formula is C20H16BrClN2O3. The molecule has 1 saturated heterocycles. The molecule has 1 amide bonds. The summed E-state index contributed by atoms with van der Waals surface area (Å²) < 4.78 is 6.17. The van der Waals surface area contributed by atoms with Crippen molar-refractivity contribution in [2.24, 2.45) is 0 Å². The van der Waals surface area contributed by atoms with Gasteiger partial charge < -0.3 is 14.2 Å². The lowest BCUT2D eigenvalue weighted by molar-refractivity contribution is 0.0742. The van der Waals surface area contributed by atoms with E-state index < -0.39 is 5.63 Å². The molecule has 1 aromatic heterocycles. The molecule has 7 heteroatoms. The van der Waals surface area contributed by atoms with Gasteiger partial charge in [0.2, 0.25) is 0 Å². The summed E-state index contributed by atoms with van der Waals surface area (Å²) in [6, 6.07) is 14.6. The smallest absolute Gasteiger partial charge is 0.349 e. The van der Waals surface area contributed by atoms with E-state index in [0.717, 1.165) is 10.2 Å². The van der Waals surface area contributed by atoms with Crippen LogP contribution in [0.4, 0.5) is 5.69 Å². The van der Waals surface area contributed by atoms with E-state index >= 15 is 0 Å². The van der Waals surface area contributed by atoms with Crippen molar-refractivity contribution in [2.75, 3.05) is 31.1 Å². The zero-order valence-electron chi connectivity index (χ0n) is 14.3. The maximum atomic E-state index is 12.9. The normalized spacial score (nSPS) is 14.6. The molecule has 0 saturated carbocycles. The van der Waals surface area contributed by atoms with E-state index in [1.54, 1.807) is 23.1 Å². The zero-order chi connectivity index (χ0) is 19.0. The Kier molecular flexibility index (Phi) is 4.93. The average Bonchev–Trinajstić information content (AvgIpc) is 2.68. The first-order valence-corrected chi connectivity index (χ1v) is 9.72. The number of hydrogen-bond acceptors (Lipinski definition) is 4. The number of hydrogen-bond donors (Lipinski definition) is 0. The predicted octanol–water partition coefficient (Wildman–Crippen LogP) is 4.17. The Hall–Kier alpha value is -2.31. The Morgan fingerprint density at radius 2 is 1.78 bits per heavy atom. The molecule has 0 radical (unpaired) electrons. The quantitative estimate of drug-likeness (QED) is 0.553. The van der Waals surface area contributed by atoms with Crippen LogP contribution in [-0.4, -0.2) is 37.0 Å². The number of carbonyl (C=O) groups is 1. The van der Waals surface area contributed by atoms with Gasteiger partial charge in [0.15, 0.2) is 0 Å². The Labute approximate surface area is 169 Å². The highest BCUT2D eigenvalue weighted by molar-refractivity contribution is 9.10. The van der Waals surface area contributed by atoms with Gasteiger partial charge in [-0.2, -0.15) is 0 Å². The van der Waals surface area contributed by atoms with Gasteiger partial charge in [-0.15, -0.1) is 0 Å². The number of halogens is 2. The van der Waals surface area contributed by atoms with Crippen LogP contribution < -0.4 is 10.5 Å². The van der Waals surface area contributed by atoms with Crippen LogP contribution in [0, 0.1) is 0 Å². The molecule has 5 nitrogen and oxygen atoms in total. The highest BCUT2D eigenvalue weighted by Crippen LogP contribution is 2.26. The van der Waals surface area contributed by atoms with Gasteiger partial charge in [-0.1, -0.05) is 39.7 Å². The summed E-state index contributed by atoms with van der Waals surface area (Å²) in [6.07, 6.45) is 0. The molecule has 0 unspecified atom stereocenters. The van der Waals surface area contributed by atoms with Gasteiger partial charge >= 0.3 is 5.63 Å². The van der Waals surface area contributed by atoms with E-state index in [2.05, 4.69) is 20.8 Å². The number of benzene rings is 2. The van der Waals surface area contributed by atoms with Crippen molar-refractivity contribution in [3.05, 3.63) is 74.0 Å². The summed E-state index contributed by atoms with van der Waals surface area (Å²) in [6.45, 7) is 2.33. The van der Waals surface area contributed by atoms with Gasteiger partial charge in [0.05, 0.1) is 10.7 Å². The van der Waals surface area contributed by atoms with Crippen molar-refractivity contribution in [1.29, 1.82) is 0 Å². The van der Waals surface area contributed by atoms with Crippen LogP contribution in [0.1, 0.15) is 10.4 Å². The minimum atomic E-state index is -0.608. The van der Waals surface area contributed by atoms with Crippen LogP contribution in [0.5, 0.6) is 0 Å². The van der Waals surface area contributed by atoms with Crippen LogP contribution in [0.25, 0.3) is 11.0 Å². The lowest BCUT2D eigenvalue weighted by Gasteiger charge is -2.36. The lowest BCUT2D eigenvalue weighted by Crippen LogP contribution is -2.49. The number of nitrogens with zero attached hydrogens (tertiary/aromatic N) is 2. The summed E-state index contributed by atoms with van der Waals surface area (Å²) in [5.41, 5.74) is 0.875. The molecule has 3 aromatic rings. The first kappa shape index (κ1) is 18.1. The Morgan fingerprint density at radius 1 is 1.04 bits per heavy atom. The molecule has 2 aromatic carbocycles. The third-order valence-electron chi connectivity index (χ3n) is 4.68.